The number of likely N-dealkylation sites (N-methyl/N-ethyl adjacent to an activating group) is 1. The van der Waals surface area contributed by atoms with Crippen LogP contribution in [0, 0.1) is 5.82 Å². The number of aryl methyl sites for hydroxylation is 1. The van der Waals surface area contributed by atoms with E-state index >= 15 is 0 Å². The summed E-state index contributed by atoms with van der Waals surface area (Å²) in [6.45, 7) is 3.65. The number of aliphatic imine (C=N–C) groups is 1. The van der Waals surface area contributed by atoms with E-state index in [0.717, 1.165) is 50.5 Å². The van der Waals surface area contributed by atoms with Crippen molar-refractivity contribution >= 4 is 5.96 Å². The number of hydrogen-bond acceptors (Lipinski definition) is 4. The van der Waals surface area contributed by atoms with Gasteiger partial charge in [0, 0.05) is 58.1 Å². The zero-order valence-electron chi connectivity index (χ0n) is 18.5. The van der Waals surface area contributed by atoms with E-state index in [1.54, 1.807) is 0 Å². The molecule has 1 aromatic heterocycles. The molecule has 0 bridgehead atoms. The maximum atomic E-state index is 13.1. The Morgan fingerprint density at radius 3 is 2.53 bits per heavy atom. The molecule has 2 N–H and O–H groups in total. The van der Waals surface area contributed by atoms with Crippen LogP contribution in [0.4, 0.5) is 4.39 Å². The summed E-state index contributed by atoms with van der Waals surface area (Å²) in [6.07, 6.45) is 6.09. The first-order valence-electron chi connectivity index (χ1n) is 10.5. The lowest BCUT2D eigenvalue weighted by atomic mass is 10.0. The first-order valence-corrected chi connectivity index (χ1v) is 10.5. The fourth-order valence-corrected chi connectivity index (χ4v) is 3.88. The first kappa shape index (κ1) is 22.2. The van der Waals surface area contributed by atoms with Crippen LogP contribution in [0.25, 0.3) is 0 Å². The largest absolute Gasteiger partial charge is 0.354 e. The van der Waals surface area contributed by atoms with E-state index in [9.17, 15) is 4.39 Å². The molecule has 2 heterocycles. The quantitative estimate of drug-likeness (QED) is 0.535. The highest BCUT2D eigenvalue weighted by Gasteiger charge is 2.21. The van der Waals surface area contributed by atoms with Crippen molar-refractivity contribution in [3.63, 3.8) is 0 Å². The summed E-state index contributed by atoms with van der Waals surface area (Å²) in [5.74, 6) is 0.656. The third-order valence-electron chi connectivity index (χ3n) is 5.67. The molecule has 30 heavy (non-hydrogen) atoms. The Kier molecular flexibility index (Phi) is 7.81. The minimum Gasteiger partial charge on any atom is -0.354 e. The lowest BCUT2D eigenvalue weighted by Gasteiger charge is -2.33. The van der Waals surface area contributed by atoms with E-state index in [1.807, 2.05) is 37.1 Å². The highest BCUT2D eigenvalue weighted by atomic mass is 19.1. The summed E-state index contributed by atoms with van der Waals surface area (Å²) >= 11 is 0. The average Bonchev–Trinajstić information content (AvgIpc) is 3.16. The summed E-state index contributed by atoms with van der Waals surface area (Å²) < 4.78 is 14.9. The molecule has 1 aromatic carbocycles. The molecule has 1 unspecified atom stereocenters. The molecule has 0 saturated carbocycles. The van der Waals surface area contributed by atoms with Crippen LogP contribution < -0.4 is 10.6 Å². The van der Waals surface area contributed by atoms with Crippen molar-refractivity contribution in [2.75, 3.05) is 40.8 Å². The number of benzene rings is 1. The summed E-state index contributed by atoms with van der Waals surface area (Å²) in [5, 5.41) is 11.3. The van der Waals surface area contributed by atoms with Crippen molar-refractivity contribution in [2.24, 2.45) is 12.0 Å². The zero-order valence-corrected chi connectivity index (χ0v) is 18.5. The Morgan fingerprint density at radius 2 is 1.97 bits per heavy atom. The van der Waals surface area contributed by atoms with E-state index < -0.39 is 0 Å². The normalized spacial score (nSPS) is 17.3. The second-order valence-electron chi connectivity index (χ2n) is 8.20. The molecular formula is C22H34FN7. The Hall–Kier alpha value is -2.45. The van der Waals surface area contributed by atoms with Crippen LogP contribution in [0.5, 0.6) is 0 Å². The second-order valence-corrected chi connectivity index (χ2v) is 8.20. The van der Waals surface area contributed by atoms with Crippen LogP contribution in [0.3, 0.4) is 0 Å². The molecule has 3 rings (SSSR count). The number of guanidine groups is 1. The van der Waals surface area contributed by atoms with Crippen LogP contribution in [0.1, 0.15) is 30.0 Å². The van der Waals surface area contributed by atoms with Crippen molar-refractivity contribution in [3.05, 3.63) is 53.6 Å². The third-order valence-corrected chi connectivity index (χ3v) is 5.67. The topological polar surface area (TPSA) is 60.7 Å². The number of rotatable bonds is 7. The van der Waals surface area contributed by atoms with Crippen LogP contribution in [0.15, 0.2) is 41.7 Å². The number of halogens is 1. The molecule has 1 aliphatic rings. The third kappa shape index (κ3) is 6.27. The van der Waals surface area contributed by atoms with E-state index in [2.05, 4.69) is 50.8 Å². The van der Waals surface area contributed by atoms with Gasteiger partial charge >= 0.3 is 0 Å². The maximum absolute atomic E-state index is 13.1. The molecular weight excluding hydrogens is 381 g/mol. The number of nitrogens with zero attached hydrogens (tertiary/aromatic N) is 5. The van der Waals surface area contributed by atoms with Gasteiger partial charge in [0.15, 0.2) is 5.96 Å². The predicted molar refractivity (Wildman–Crippen MR) is 119 cm³/mol. The van der Waals surface area contributed by atoms with E-state index in [0.29, 0.717) is 6.04 Å². The molecule has 0 aliphatic carbocycles. The van der Waals surface area contributed by atoms with Crippen molar-refractivity contribution < 1.29 is 4.39 Å². The zero-order chi connectivity index (χ0) is 21.5. The Balaban J connectivity index is 1.45. The molecule has 7 nitrogen and oxygen atoms in total. The summed E-state index contributed by atoms with van der Waals surface area (Å²) in [4.78, 5) is 9.02. The van der Waals surface area contributed by atoms with Gasteiger partial charge in [-0.05, 0) is 44.6 Å². The lowest BCUT2D eigenvalue weighted by molar-refractivity contribution is 0.198. The Morgan fingerprint density at radius 1 is 1.27 bits per heavy atom. The molecule has 2 aromatic rings. The molecule has 1 atom stereocenters. The van der Waals surface area contributed by atoms with Crippen LogP contribution in [0.2, 0.25) is 0 Å². The van der Waals surface area contributed by atoms with Gasteiger partial charge in [-0.25, -0.2) is 4.39 Å². The van der Waals surface area contributed by atoms with Gasteiger partial charge in [0.25, 0.3) is 0 Å². The molecule has 0 radical (unpaired) electrons. The fraction of sp³-hybridized carbons (Fsp3) is 0.545. The van der Waals surface area contributed by atoms with E-state index in [1.165, 1.54) is 17.7 Å². The van der Waals surface area contributed by atoms with Gasteiger partial charge in [-0.2, -0.15) is 5.10 Å². The van der Waals surface area contributed by atoms with Gasteiger partial charge in [0.1, 0.15) is 5.82 Å². The summed E-state index contributed by atoms with van der Waals surface area (Å²) in [7, 11) is 7.90. The molecule has 0 spiro atoms. The molecule has 8 heteroatoms. The predicted octanol–water partition coefficient (Wildman–Crippen LogP) is 1.99. The van der Waals surface area contributed by atoms with Crippen molar-refractivity contribution in [1.29, 1.82) is 0 Å². The Labute approximate surface area is 179 Å². The van der Waals surface area contributed by atoms with Crippen molar-refractivity contribution in [3.8, 4) is 0 Å². The average molecular weight is 416 g/mol. The molecule has 1 fully saturated rings. The molecule has 1 aliphatic heterocycles. The van der Waals surface area contributed by atoms with Crippen molar-refractivity contribution in [2.45, 2.75) is 31.5 Å². The minimum atomic E-state index is -0.180. The number of nitrogens with one attached hydrogen (secondary N) is 2. The smallest absolute Gasteiger partial charge is 0.191 e. The van der Waals surface area contributed by atoms with Crippen molar-refractivity contribution in [1.82, 2.24) is 30.2 Å². The highest BCUT2D eigenvalue weighted by molar-refractivity contribution is 5.80. The van der Waals surface area contributed by atoms with Gasteiger partial charge in [0.2, 0.25) is 0 Å². The minimum absolute atomic E-state index is 0.180. The summed E-state index contributed by atoms with van der Waals surface area (Å²) in [6, 6.07) is 7.42. The van der Waals surface area contributed by atoms with Crippen LogP contribution in [-0.2, 0) is 13.6 Å². The lowest BCUT2D eigenvalue weighted by Crippen LogP contribution is -2.49. The molecule has 164 valence electrons. The second kappa shape index (κ2) is 10.5. The maximum Gasteiger partial charge on any atom is 0.191 e. The fourth-order valence-electron chi connectivity index (χ4n) is 3.88. The van der Waals surface area contributed by atoms with E-state index in [4.69, 9.17) is 0 Å². The van der Waals surface area contributed by atoms with Gasteiger partial charge in [-0.15, -0.1) is 0 Å². The number of likely N-dealkylation sites (tertiary alicyclic amines) is 1. The molecule has 0 amide bonds. The standard InChI is InChI=1S/C22H34FN7/c1-24-22(25-14-21(28(2)3)18-13-26-29(4)16-18)27-20-9-11-30(12-10-20)15-17-5-7-19(23)8-6-17/h5-8,13,16,20-21H,9-12,14-15H2,1-4H3,(H2,24,25,27). The van der Waals surface area contributed by atoms with Gasteiger partial charge in [-0.1, -0.05) is 12.1 Å². The van der Waals surface area contributed by atoms with Gasteiger partial charge < -0.3 is 15.5 Å². The van der Waals surface area contributed by atoms with E-state index in [-0.39, 0.29) is 11.9 Å². The van der Waals surface area contributed by atoms with Gasteiger partial charge in [-0.3, -0.25) is 14.6 Å². The highest BCUT2D eigenvalue weighted by Crippen LogP contribution is 2.17. The Bertz CT molecular complexity index is 807. The number of aromatic nitrogens is 2. The van der Waals surface area contributed by atoms with Gasteiger partial charge in [0.05, 0.1) is 12.2 Å². The van der Waals surface area contributed by atoms with Crippen LogP contribution in [-0.4, -0.2) is 72.4 Å². The SMILES string of the molecule is CN=C(NCC(c1cnn(C)c1)N(C)C)NC1CCN(Cc2ccc(F)cc2)CC1. The number of hydrogen-bond donors (Lipinski definition) is 2. The first-order chi connectivity index (χ1) is 14.4. The number of piperidine rings is 1. The summed E-state index contributed by atoms with van der Waals surface area (Å²) in [5.41, 5.74) is 2.34. The monoisotopic (exact) mass is 415 g/mol. The van der Waals surface area contributed by atoms with Crippen LogP contribution >= 0.6 is 0 Å². The molecule has 1 saturated heterocycles.